The highest BCUT2D eigenvalue weighted by Gasteiger charge is 2.22. The van der Waals surface area contributed by atoms with E-state index in [-0.39, 0.29) is 18.3 Å². The van der Waals surface area contributed by atoms with Crippen LogP contribution in [0.4, 0.5) is 0 Å². The molecule has 0 bridgehead atoms. The third-order valence-corrected chi connectivity index (χ3v) is 6.13. The molecular formula is C28H28N4O4. The lowest BCUT2D eigenvalue weighted by Gasteiger charge is -2.16. The van der Waals surface area contributed by atoms with Crippen LogP contribution in [0, 0.1) is 13.8 Å². The van der Waals surface area contributed by atoms with Gasteiger partial charge in [-0.3, -0.25) is 14.2 Å². The van der Waals surface area contributed by atoms with Gasteiger partial charge >= 0.3 is 5.69 Å². The summed E-state index contributed by atoms with van der Waals surface area (Å²) in [7, 11) is 1.54. The number of aryl methyl sites for hydroxylation is 2. The Morgan fingerprint density at radius 2 is 1.72 bits per heavy atom. The highest BCUT2D eigenvalue weighted by molar-refractivity contribution is 5.92. The first-order valence-electron chi connectivity index (χ1n) is 11.6. The fourth-order valence-corrected chi connectivity index (χ4v) is 3.87. The molecule has 0 fully saturated rings. The van der Waals surface area contributed by atoms with Crippen LogP contribution < -0.4 is 21.3 Å². The molecule has 0 saturated heterocycles. The number of nitrogens with one attached hydrogen (secondary N) is 1. The molecule has 1 amide bonds. The predicted molar refractivity (Wildman–Crippen MR) is 138 cm³/mol. The maximum absolute atomic E-state index is 13.5. The molecule has 0 aliphatic carbocycles. The van der Waals surface area contributed by atoms with Crippen LogP contribution in [-0.2, 0) is 6.54 Å². The van der Waals surface area contributed by atoms with Crippen molar-refractivity contribution in [1.29, 1.82) is 0 Å². The maximum atomic E-state index is 13.5. The Labute approximate surface area is 208 Å². The smallest absolute Gasteiger partial charge is 0.352 e. The van der Waals surface area contributed by atoms with Crippen molar-refractivity contribution in [3.63, 3.8) is 0 Å². The number of aromatic nitrogens is 3. The van der Waals surface area contributed by atoms with Crippen LogP contribution >= 0.6 is 0 Å². The Bertz CT molecular complexity index is 1520. The van der Waals surface area contributed by atoms with Crippen molar-refractivity contribution in [1.82, 2.24) is 19.7 Å². The molecule has 0 spiro atoms. The van der Waals surface area contributed by atoms with Crippen molar-refractivity contribution in [2.45, 2.75) is 33.4 Å². The third-order valence-electron chi connectivity index (χ3n) is 6.13. The molecule has 0 saturated carbocycles. The van der Waals surface area contributed by atoms with Gasteiger partial charge in [-0.1, -0.05) is 48.5 Å². The second kappa shape index (κ2) is 10.4. The van der Waals surface area contributed by atoms with Crippen molar-refractivity contribution in [3.8, 4) is 11.4 Å². The normalized spacial score (nSPS) is 11.7. The molecule has 1 atom stereocenters. The zero-order valence-electron chi connectivity index (χ0n) is 20.7. The molecule has 1 N–H and O–H groups in total. The van der Waals surface area contributed by atoms with Gasteiger partial charge in [0.15, 0.2) is 0 Å². The number of amides is 1. The Balaban J connectivity index is 1.83. The summed E-state index contributed by atoms with van der Waals surface area (Å²) in [5.74, 6) is -0.0629. The lowest BCUT2D eigenvalue weighted by atomic mass is 10.1. The van der Waals surface area contributed by atoms with E-state index in [1.807, 2.05) is 57.2 Å². The van der Waals surface area contributed by atoms with Crippen LogP contribution in [0.5, 0.6) is 5.75 Å². The van der Waals surface area contributed by atoms with Gasteiger partial charge in [-0.05, 0) is 67.3 Å². The van der Waals surface area contributed by atoms with Crippen LogP contribution in [0.15, 0.2) is 82.4 Å². The zero-order chi connectivity index (χ0) is 25.8. The number of rotatable bonds is 7. The van der Waals surface area contributed by atoms with Crippen molar-refractivity contribution >= 4 is 5.91 Å². The van der Waals surface area contributed by atoms with E-state index >= 15 is 0 Å². The summed E-state index contributed by atoms with van der Waals surface area (Å²) in [5.41, 5.74) is 2.26. The third kappa shape index (κ3) is 5.12. The molecule has 1 unspecified atom stereocenters. The minimum atomic E-state index is -0.763. The number of benzene rings is 3. The second-order valence-electron chi connectivity index (χ2n) is 8.66. The molecule has 1 aromatic heterocycles. The van der Waals surface area contributed by atoms with Gasteiger partial charge in [-0.2, -0.15) is 9.78 Å². The molecule has 3 aromatic carbocycles. The van der Waals surface area contributed by atoms with Crippen molar-refractivity contribution < 1.29 is 9.53 Å². The van der Waals surface area contributed by atoms with Gasteiger partial charge in [0.1, 0.15) is 5.75 Å². The molecule has 4 aromatic rings. The van der Waals surface area contributed by atoms with Gasteiger partial charge in [0.05, 0.1) is 25.4 Å². The first-order valence-corrected chi connectivity index (χ1v) is 11.6. The Morgan fingerprint density at radius 1 is 0.972 bits per heavy atom. The largest absolute Gasteiger partial charge is 0.497 e. The van der Waals surface area contributed by atoms with E-state index < -0.39 is 17.2 Å². The van der Waals surface area contributed by atoms with Crippen molar-refractivity contribution in [3.05, 3.63) is 122 Å². The van der Waals surface area contributed by atoms with Crippen LogP contribution in [0.3, 0.4) is 0 Å². The van der Waals surface area contributed by atoms with E-state index in [9.17, 15) is 14.4 Å². The number of carbonyl (C=O) groups is 1. The Morgan fingerprint density at radius 3 is 2.42 bits per heavy atom. The molecular weight excluding hydrogens is 456 g/mol. The number of hydrogen-bond donors (Lipinski definition) is 1. The zero-order valence-corrected chi connectivity index (χ0v) is 20.7. The Hall–Kier alpha value is -4.46. The molecule has 36 heavy (non-hydrogen) atoms. The summed E-state index contributed by atoms with van der Waals surface area (Å²) < 4.78 is 7.41. The molecule has 0 aliphatic rings. The highest BCUT2D eigenvalue weighted by atomic mass is 16.5. The minimum Gasteiger partial charge on any atom is -0.497 e. The summed E-state index contributed by atoms with van der Waals surface area (Å²) in [6.45, 7) is 5.66. The average molecular weight is 485 g/mol. The molecule has 0 aliphatic heterocycles. The fourth-order valence-electron chi connectivity index (χ4n) is 3.87. The number of nitrogens with zero attached hydrogens (tertiary/aromatic N) is 3. The molecule has 8 heteroatoms. The number of carbonyl (C=O) groups excluding carboxylic acids is 1. The first kappa shape index (κ1) is 24.7. The van der Waals surface area contributed by atoms with Gasteiger partial charge in [-0.15, -0.1) is 0 Å². The van der Waals surface area contributed by atoms with E-state index in [1.165, 1.54) is 0 Å². The fraction of sp³-hybridized carbons (Fsp3) is 0.214. The molecule has 0 radical (unpaired) electrons. The van der Waals surface area contributed by atoms with E-state index in [2.05, 4.69) is 10.4 Å². The van der Waals surface area contributed by atoms with E-state index in [0.29, 0.717) is 17.0 Å². The monoisotopic (exact) mass is 484 g/mol. The molecule has 1 heterocycles. The molecule has 8 nitrogen and oxygen atoms in total. The van der Waals surface area contributed by atoms with Crippen LogP contribution in [0.25, 0.3) is 5.69 Å². The lowest BCUT2D eigenvalue weighted by molar-refractivity contribution is 0.0930. The first-order chi connectivity index (χ1) is 17.3. The average Bonchev–Trinajstić information content (AvgIpc) is 2.89. The van der Waals surface area contributed by atoms with Gasteiger partial charge < -0.3 is 10.1 Å². The van der Waals surface area contributed by atoms with E-state index in [0.717, 1.165) is 25.9 Å². The SMILES string of the molecule is COc1cccc(Cn2c(=O)c(C(=O)NC(C)c3ccccc3)nn(-c3ccc(C)c(C)c3)c2=O)c1. The van der Waals surface area contributed by atoms with Crippen LogP contribution in [0.2, 0.25) is 0 Å². The highest BCUT2D eigenvalue weighted by Crippen LogP contribution is 2.15. The van der Waals surface area contributed by atoms with Gasteiger partial charge in [0.2, 0.25) is 5.69 Å². The predicted octanol–water partition coefficient (Wildman–Crippen LogP) is 3.56. The van der Waals surface area contributed by atoms with E-state index in [4.69, 9.17) is 4.74 Å². The van der Waals surface area contributed by atoms with Crippen LogP contribution in [0.1, 0.15) is 45.7 Å². The lowest BCUT2D eigenvalue weighted by Crippen LogP contribution is -2.46. The Kier molecular flexibility index (Phi) is 7.15. The molecule has 184 valence electrons. The molecule has 4 rings (SSSR count). The summed E-state index contributed by atoms with van der Waals surface area (Å²) in [6, 6.07) is 21.5. The number of hydrogen-bond acceptors (Lipinski definition) is 5. The summed E-state index contributed by atoms with van der Waals surface area (Å²) in [5, 5.41) is 7.06. The maximum Gasteiger partial charge on any atom is 0.352 e. The second-order valence-corrected chi connectivity index (χ2v) is 8.66. The van der Waals surface area contributed by atoms with E-state index in [1.54, 1.807) is 43.5 Å². The minimum absolute atomic E-state index is 0.0449. The number of methoxy groups -OCH3 is 1. The summed E-state index contributed by atoms with van der Waals surface area (Å²) in [6.07, 6.45) is 0. The van der Waals surface area contributed by atoms with Crippen molar-refractivity contribution in [2.75, 3.05) is 7.11 Å². The summed E-state index contributed by atoms with van der Waals surface area (Å²) >= 11 is 0. The number of ether oxygens (including phenoxy) is 1. The van der Waals surface area contributed by atoms with Gasteiger partial charge in [0, 0.05) is 0 Å². The van der Waals surface area contributed by atoms with Gasteiger partial charge in [-0.25, -0.2) is 4.79 Å². The summed E-state index contributed by atoms with van der Waals surface area (Å²) in [4.78, 5) is 40.1. The van der Waals surface area contributed by atoms with Crippen molar-refractivity contribution in [2.24, 2.45) is 0 Å². The topological polar surface area (TPSA) is 95.2 Å². The van der Waals surface area contributed by atoms with Crippen LogP contribution in [-0.4, -0.2) is 27.4 Å². The quantitative estimate of drug-likeness (QED) is 0.433. The van der Waals surface area contributed by atoms with Gasteiger partial charge in [0.25, 0.3) is 11.5 Å². The standard InChI is InChI=1S/C28H28N4O4/c1-18-13-14-23(15-19(18)2)32-28(35)31(17-21-9-8-12-24(16-21)36-4)27(34)25(30-32)26(33)29-20(3)22-10-6-5-7-11-22/h5-16,20H,17H2,1-4H3,(H,29,33).